The van der Waals surface area contributed by atoms with Crippen molar-refractivity contribution in [2.75, 3.05) is 10.0 Å². The van der Waals surface area contributed by atoms with E-state index >= 15 is 0 Å². The van der Waals surface area contributed by atoms with Gasteiger partial charge in [0, 0.05) is 22.8 Å². The maximum Gasteiger partial charge on any atom is 0.263 e. The molecule has 0 saturated carbocycles. The third-order valence-electron chi connectivity index (χ3n) is 5.06. The fraction of sp³-hybridized carbons (Fsp3) is 0.0417. The van der Waals surface area contributed by atoms with Crippen molar-refractivity contribution in [3.05, 3.63) is 90.2 Å². The smallest absolute Gasteiger partial charge is 0.263 e. The minimum Gasteiger partial charge on any atom is -0.340 e. The molecule has 0 radical (unpaired) electrons. The molecule has 0 amide bonds. The van der Waals surface area contributed by atoms with Gasteiger partial charge < -0.3 is 5.32 Å². The highest BCUT2D eigenvalue weighted by Gasteiger charge is 2.16. The van der Waals surface area contributed by atoms with Gasteiger partial charge in [0.2, 0.25) is 0 Å². The Hall–Kier alpha value is -3.82. The summed E-state index contributed by atoms with van der Waals surface area (Å²) in [7, 11) is -3.74. The lowest BCUT2D eigenvalue weighted by atomic mass is 10.0. The van der Waals surface area contributed by atoms with Crippen LogP contribution in [0.4, 0.5) is 17.3 Å². The molecule has 0 saturated heterocycles. The zero-order valence-corrected chi connectivity index (χ0v) is 19.2. The van der Waals surface area contributed by atoms with E-state index in [1.807, 2.05) is 0 Å². The van der Waals surface area contributed by atoms with Crippen LogP contribution in [-0.2, 0) is 10.0 Å². The van der Waals surface area contributed by atoms with Crippen LogP contribution in [0.15, 0.2) is 89.5 Å². The second-order valence-electron chi connectivity index (χ2n) is 7.39. The van der Waals surface area contributed by atoms with Crippen LogP contribution in [0.25, 0.3) is 21.3 Å². The number of anilines is 3. The van der Waals surface area contributed by atoms with E-state index in [9.17, 15) is 8.42 Å². The van der Waals surface area contributed by atoms with Crippen LogP contribution >= 0.6 is 11.3 Å². The highest BCUT2D eigenvalue weighted by molar-refractivity contribution is 7.92. The van der Waals surface area contributed by atoms with Crippen LogP contribution in [0.5, 0.6) is 0 Å². The Morgan fingerprint density at radius 3 is 2.39 bits per heavy atom. The quantitative estimate of drug-likeness (QED) is 0.333. The van der Waals surface area contributed by atoms with Gasteiger partial charge in [-0.1, -0.05) is 35.9 Å². The first-order valence-electron chi connectivity index (χ1n) is 10.1. The third kappa shape index (κ3) is 4.41. The van der Waals surface area contributed by atoms with E-state index in [4.69, 9.17) is 0 Å². The molecule has 2 N–H and O–H groups in total. The van der Waals surface area contributed by atoms with Crippen molar-refractivity contribution in [1.82, 2.24) is 15.0 Å². The van der Waals surface area contributed by atoms with Gasteiger partial charge in [0.1, 0.15) is 22.8 Å². The number of sulfonamides is 1. The van der Waals surface area contributed by atoms with Crippen molar-refractivity contribution in [1.29, 1.82) is 0 Å². The third-order valence-corrected chi connectivity index (χ3v) is 7.32. The molecule has 164 valence electrons. The summed E-state index contributed by atoms with van der Waals surface area (Å²) >= 11 is 1.56. The number of fused-ring (bicyclic) bond motifs is 1. The second kappa shape index (κ2) is 8.61. The average Bonchev–Trinajstić information content (AvgIpc) is 3.26. The first-order valence-corrected chi connectivity index (χ1v) is 12.5. The van der Waals surface area contributed by atoms with Crippen LogP contribution < -0.4 is 10.0 Å². The maximum absolute atomic E-state index is 12.6. The van der Waals surface area contributed by atoms with E-state index in [1.165, 1.54) is 18.1 Å². The van der Waals surface area contributed by atoms with E-state index in [0.29, 0.717) is 11.5 Å². The fourth-order valence-corrected chi connectivity index (χ4v) is 5.31. The van der Waals surface area contributed by atoms with Gasteiger partial charge in [-0.05, 0) is 48.9 Å². The predicted octanol–water partition coefficient (Wildman–Crippen LogP) is 5.61. The number of nitrogens with zero attached hydrogens (tertiary/aromatic N) is 3. The largest absolute Gasteiger partial charge is 0.340 e. The second-order valence-corrected chi connectivity index (χ2v) is 9.93. The fourth-order valence-electron chi connectivity index (χ4n) is 3.39. The first kappa shape index (κ1) is 21.0. The van der Waals surface area contributed by atoms with Crippen molar-refractivity contribution in [3.8, 4) is 11.1 Å². The van der Waals surface area contributed by atoms with Gasteiger partial charge in [0.25, 0.3) is 10.0 Å². The number of thiophene rings is 1. The zero-order valence-electron chi connectivity index (χ0n) is 17.6. The zero-order chi connectivity index (χ0) is 22.8. The summed E-state index contributed by atoms with van der Waals surface area (Å²) in [5.74, 6) is 0.934. The lowest BCUT2D eigenvalue weighted by molar-refractivity contribution is 0.601. The number of aryl methyl sites for hydroxylation is 1. The van der Waals surface area contributed by atoms with E-state index in [2.05, 4.69) is 61.6 Å². The summed E-state index contributed by atoms with van der Waals surface area (Å²) in [5.41, 5.74) is 4.05. The van der Waals surface area contributed by atoms with Crippen molar-refractivity contribution < 1.29 is 8.42 Å². The van der Waals surface area contributed by atoms with E-state index < -0.39 is 10.0 Å². The van der Waals surface area contributed by atoms with Gasteiger partial charge in [-0.3, -0.25) is 4.72 Å². The van der Waals surface area contributed by atoms with Gasteiger partial charge in [0.15, 0.2) is 0 Å². The molecule has 0 aliphatic heterocycles. The standard InChI is InChI=1S/C24H19N5O2S2/c1-16-5-7-17(8-6-16)20-14-32-24-22(20)23(26-15-27-24)28-18-9-11-19(12-10-18)33(30,31)29-21-4-2-3-13-25-21/h2-15H,1H3,(H,25,29)(H,26,27,28). The lowest BCUT2D eigenvalue weighted by Crippen LogP contribution is -2.13. The van der Waals surface area contributed by atoms with E-state index in [1.54, 1.807) is 53.8 Å². The molecule has 3 aromatic heterocycles. The Morgan fingerprint density at radius 1 is 0.879 bits per heavy atom. The molecule has 2 aromatic carbocycles. The monoisotopic (exact) mass is 473 g/mol. The number of hydrogen-bond acceptors (Lipinski definition) is 7. The van der Waals surface area contributed by atoms with Crippen LogP contribution in [-0.4, -0.2) is 23.4 Å². The number of aromatic nitrogens is 3. The molecule has 0 fully saturated rings. The van der Waals surface area contributed by atoms with Crippen molar-refractivity contribution in [2.45, 2.75) is 11.8 Å². The van der Waals surface area contributed by atoms with Gasteiger partial charge in [0.05, 0.1) is 10.3 Å². The number of nitrogens with one attached hydrogen (secondary N) is 2. The molecule has 0 spiro atoms. The Balaban J connectivity index is 1.43. The predicted molar refractivity (Wildman–Crippen MR) is 132 cm³/mol. The highest BCUT2D eigenvalue weighted by Crippen LogP contribution is 2.37. The number of benzene rings is 2. The molecule has 0 aliphatic carbocycles. The normalized spacial score (nSPS) is 11.4. The van der Waals surface area contributed by atoms with Crippen LogP contribution in [0.2, 0.25) is 0 Å². The molecular formula is C24H19N5O2S2. The molecule has 0 aliphatic rings. The molecular weight excluding hydrogens is 454 g/mol. The summed E-state index contributed by atoms with van der Waals surface area (Å²) in [6.45, 7) is 2.06. The molecule has 33 heavy (non-hydrogen) atoms. The molecule has 5 rings (SSSR count). The van der Waals surface area contributed by atoms with E-state index in [-0.39, 0.29) is 10.7 Å². The van der Waals surface area contributed by atoms with Crippen molar-refractivity contribution >= 4 is 48.9 Å². The molecule has 7 nitrogen and oxygen atoms in total. The summed E-state index contributed by atoms with van der Waals surface area (Å²) < 4.78 is 27.8. The maximum atomic E-state index is 12.6. The van der Waals surface area contributed by atoms with Crippen molar-refractivity contribution in [2.24, 2.45) is 0 Å². The van der Waals surface area contributed by atoms with Crippen LogP contribution in [0.3, 0.4) is 0 Å². The summed E-state index contributed by atoms with van der Waals surface area (Å²) in [6.07, 6.45) is 3.05. The number of hydrogen-bond donors (Lipinski definition) is 2. The first-order chi connectivity index (χ1) is 16.0. The van der Waals surface area contributed by atoms with Gasteiger partial charge >= 0.3 is 0 Å². The minimum atomic E-state index is -3.74. The van der Waals surface area contributed by atoms with Crippen molar-refractivity contribution in [3.63, 3.8) is 0 Å². The Labute approximate surface area is 195 Å². The van der Waals surface area contributed by atoms with E-state index in [0.717, 1.165) is 21.3 Å². The summed E-state index contributed by atoms with van der Waals surface area (Å²) in [6, 6.07) is 19.9. The topological polar surface area (TPSA) is 96.9 Å². The van der Waals surface area contributed by atoms with Gasteiger partial charge in [-0.2, -0.15) is 0 Å². The lowest BCUT2D eigenvalue weighted by Gasteiger charge is -2.10. The minimum absolute atomic E-state index is 0.141. The summed E-state index contributed by atoms with van der Waals surface area (Å²) in [5, 5.41) is 6.32. The Bertz CT molecular complexity index is 1520. The number of pyridine rings is 1. The van der Waals surface area contributed by atoms with Gasteiger partial charge in [-0.25, -0.2) is 23.4 Å². The van der Waals surface area contributed by atoms with Crippen LogP contribution in [0.1, 0.15) is 5.56 Å². The van der Waals surface area contributed by atoms with Crippen LogP contribution in [0, 0.1) is 6.92 Å². The summed E-state index contributed by atoms with van der Waals surface area (Å²) in [4.78, 5) is 13.9. The number of rotatable bonds is 6. The molecule has 0 bridgehead atoms. The molecule has 3 heterocycles. The Morgan fingerprint density at radius 2 is 1.67 bits per heavy atom. The van der Waals surface area contributed by atoms with Gasteiger partial charge in [-0.15, -0.1) is 11.3 Å². The molecule has 9 heteroatoms. The molecule has 0 unspecified atom stereocenters. The Kier molecular flexibility index (Phi) is 5.49. The SMILES string of the molecule is Cc1ccc(-c2csc3ncnc(Nc4ccc(S(=O)(=O)Nc5ccccn5)cc4)c23)cc1. The molecule has 0 atom stereocenters. The molecule has 5 aromatic rings. The highest BCUT2D eigenvalue weighted by atomic mass is 32.2. The average molecular weight is 474 g/mol.